The molecule has 1 heterocycles. The molecule has 2 aromatic rings. The van der Waals surface area contributed by atoms with Crippen molar-refractivity contribution in [2.75, 3.05) is 6.54 Å². The lowest BCUT2D eigenvalue weighted by atomic mass is 9.94. The quantitative estimate of drug-likeness (QED) is 0.902. The van der Waals surface area contributed by atoms with Crippen LogP contribution in [0, 0.1) is 12.7 Å². The van der Waals surface area contributed by atoms with E-state index < -0.39 is 0 Å². The molecule has 0 saturated carbocycles. The second-order valence-corrected chi connectivity index (χ2v) is 6.01. The van der Waals surface area contributed by atoms with Gasteiger partial charge in [0.15, 0.2) is 0 Å². The lowest BCUT2D eigenvalue weighted by Gasteiger charge is -2.36. The van der Waals surface area contributed by atoms with E-state index in [9.17, 15) is 14.3 Å². The molecule has 1 fully saturated rings. The lowest BCUT2D eigenvalue weighted by Crippen LogP contribution is -2.38. The Morgan fingerprint density at radius 2 is 1.91 bits per heavy atom. The minimum Gasteiger partial charge on any atom is -0.508 e. The summed E-state index contributed by atoms with van der Waals surface area (Å²) in [4.78, 5) is 14.8. The van der Waals surface area contributed by atoms with Gasteiger partial charge in [0.2, 0.25) is 0 Å². The molecule has 0 unspecified atom stereocenters. The Morgan fingerprint density at radius 1 is 1.17 bits per heavy atom. The molecule has 1 saturated heterocycles. The van der Waals surface area contributed by atoms with E-state index in [-0.39, 0.29) is 23.5 Å². The van der Waals surface area contributed by atoms with Crippen LogP contribution in [0.2, 0.25) is 0 Å². The Labute approximate surface area is 135 Å². The third kappa shape index (κ3) is 3.07. The predicted molar refractivity (Wildman–Crippen MR) is 86.9 cm³/mol. The molecule has 1 aliphatic rings. The van der Waals surface area contributed by atoms with Gasteiger partial charge in [0.25, 0.3) is 5.91 Å². The molecular weight excluding hydrogens is 293 g/mol. The van der Waals surface area contributed by atoms with E-state index in [1.807, 2.05) is 4.90 Å². The van der Waals surface area contributed by atoms with Crippen LogP contribution in [0.4, 0.5) is 4.39 Å². The van der Waals surface area contributed by atoms with E-state index in [2.05, 4.69) is 0 Å². The summed E-state index contributed by atoms with van der Waals surface area (Å²) >= 11 is 0. The highest BCUT2D eigenvalue weighted by Crippen LogP contribution is 2.33. The van der Waals surface area contributed by atoms with Crippen LogP contribution in [0.15, 0.2) is 42.5 Å². The van der Waals surface area contributed by atoms with Gasteiger partial charge in [-0.25, -0.2) is 4.39 Å². The SMILES string of the molecule is Cc1c(O)cccc1C(=O)N1CCCC[C@H]1c1ccc(F)cc1. The first kappa shape index (κ1) is 15.5. The van der Waals surface area contributed by atoms with E-state index in [1.165, 1.54) is 12.1 Å². The minimum absolute atomic E-state index is 0.0430. The maximum atomic E-state index is 13.2. The van der Waals surface area contributed by atoms with Gasteiger partial charge in [0, 0.05) is 17.7 Å². The number of nitrogens with zero attached hydrogens (tertiary/aromatic N) is 1. The summed E-state index contributed by atoms with van der Waals surface area (Å²) in [6.45, 7) is 2.43. The van der Waals surface area contributed by atoms with Gasteiger partial charge >= 0.3 is 0 Å². The lowest BCUT2D eigenvalue weighted by molar-refractivity contribution is 0.0610. The number of phenols is 1. The molecule has 120 valence electrons. The predicted octanol–water partition coefficient (Wildman–Crippen LogP) is 4.21. The fraction of sp³-hybridized carbons (Fsp3) is 0.316. The molecule has 0 radical (unpaired) electrons. The number of carbonyl (C=O) groups excluding carboxylic acids is 1. The topological polar surface area (TPSA) is 40.5 Å². The van der Waals surface area contributed by atoms with Crippen molar-refractivity contribution in [2.24, 2.45) is 0 Å². The summed E-state index contributed by atoms with van der Waals surface area (Å²) in [5.74, 6) is -0.218. The average Bonchev–Trinajstić information content (AvgIpc) is 2.57. The number of phenolic OH excluding ortho intramolecular Hbond substituents is 1. The highest BCUT2D eigenvalue weighted by molar-refractivity contribution is 5.96. The Hall–Kier alpha value is -2.36. The number of hydrogen-bond donors (Lipinski definition) is 1. The summed E-state index contributed by atoms with van der Waals surface area (Å²) in [6.07, 6.45) is 2.88. The van der Waals surface area contributed by atoms with Crippen LogP contribution in [0.5, 0.6) is 5.75 Å². The number of piperidine rings is 1. The molecule has 0 aliphatic carbocycles. The summed E-state index contributed by atoms with van der Waals surface area (Å²) < 4.78 is 13.2. The van der Waals surface area contributed by atoms with Crippen molar-refractivity contribution < 1.29 is 14.3 Å². The summed E-state index contributed by atoms with van der Waals surface area (Å²) in [5, 5.41) is 9.85. The Balaban J connectivity index is 1.93. The van der Waals surface area contributed by atoms with Crippen molar-refractivity contribution in [1.82, 2.24) is 4.90 Å². The molecule has 3 nitrogen and oxygen atoms in total. The number of aromatic hydroxyl groups is 1. The van der Waals surface area contributed by atoms with Crippen LogP contribution in [0.25, 0.3) is 0 Å². The Kier molecular flexibility index (Phi) is 4.33. The molecule has 1 aliphatic heterocycles. The first-order chi connectivity index (χ1) is 11.1. The molecule has 4 heteroatoms. The van der Waals surface area contributed by atoms with E-state index in [0.29, 0.717) is 17.7 Å². The molecule has 1 N–H and O–H groups in total. The smallest absolute Gasteiger partial charge is 0.254 e. The van der Waals surface area contributed by atoms with Gasteiger partial charge in [-0.15, -0.1) is 0 Å². The van der Waals surface area contributed by atoms with Gasteiger partial charge in [-0.2, -0.15) is 0 Å². The van der Waals surface area contributed by atoms with Gasteiger partial charge in [-0.3, -0.25) is 4.79 Å². The fourth-order valence-electron chi connectivity index (χ4n) is 3.22. The molecule has 0 bridgehead atoms. The zero-order valence-electron chi connectivity index (χ0n) is 13.1. The average molecular weight is 313 g/mol. The number of amides is 1. The number of carbonyl (C=O) groups is 1. The number of halogens is 1. The largest absolute Gasteiger partial charge is 0.508 e. The third-order valence-electron chi connectivity index (χ3n) is 4.55. The van der Waals surface area contributed by atoms with Crippen LogP contribution in [-0.4, -0.2) is 22.5 Å². The highest BCUT2D eigenvalue weighted by atomic mass is 19.1. The van der Waals surface area contributed by atoms with E-state index >= 15 is 0 Å². The van der Waals surface area contributed by atoms with Crippen molar-refractivity contribution in [3.05, 3.63) is 65.0 Å². The van der Waals surface area contributed by atoms with Gasteiger partial charge in [-0.05, 0) is 56.0 Å². The highest BCUT2D eigenvalue weighted by Gasteiger charge is 2.29. The summed E-state index contributed by atoms with van der Waals surface area (Å²) in [6, 6.07) is 11.3. The molecule has 1 amide bonds. The number of likely N-dealkylation sites (tertiary alicyclic amines) is 1. The third-order valence-corrected chi connectivity index (χ3v) is 4.55. The zero-order valence-corrected chi connectivity index (χ0v) is 13.1. The van der Waals surface area contributed by atoms with Crippen molar-refractivity contribution >= 4 is 5.91 Å². The van der Waals surface area contributed by atoms with Crippen molar-refractivity contribution in [3.63, 3.8) is 0 Å². The van der Waals surface area contributed by atoms with Gasteiger partial charge < -0.3 is 10.0 Å². The van der Waals surface area contributed by atoms with Crippen molar-refractivity contribution in [2.45, 2.75) is 32.2 Å². The molecule has 0 spiro atoms. The van der Waals surface area contributed by atoms with Gasteiger partial charge in [0.05, 0.1) is 6.04 Å². The maximum Gasteiger partial charge on any atom is 0.254 e. The Bertz CT molecular complexity index is 712. The monoisotopic (exact) mass is 313 g/mol. The number of benzene rings is 2. The number of hydrogen-bond acceptors (Lipinski definition) is 2. The number of rotatable bonds is 2. The fourth-order valence-corrected chi connectivity index (χ4v) is 3.22. The summed E-state index contributed by atoms with van der Waals surface area (Å²) in [7, 11) is 0. The molecular formula is C19H20FNO2. The van der Waals surface area contributed by atoms with Gasteiger partial charge in [0.1, 0.15) is 11.6 Å². The van der Waals surface area contributed by atoms with E-state index in [0.717, 1.165) is 24.8 Å². The minimum atomic E-state index is -0.272. The molecule has 1 atom stereocenters. The second-order valence-electron chi connectivity index (χ2n) is 6.01. The second kappa shape index (κ2) is 6.41. The van der Waals surface area contributed by atoms with Gasteiger partial charge in [-0.1, -0.05) is 18.2 Å². The molecule has 2 aromatic carbocycles. The van der Waals surface area contributed by atoms with Crippen LogP contribution in [0.1, 0.15) is 46.8 Å². The van der Waals surface area contributed by atoms with Crippen molar-refractivity contribution in [1.29, 1.82) is 0 Å². The molecule has 23 heavy (non-hydrogen) atoms. The molecule has 3 rings (SSSR count). The standard InChI is InChI=1S/C19H20FNO2/c1-13-16(5-4-7-18(13)22)19(23)21-12-3-2-6-17(21)14-8-10-15(20)11-9-14/h4-5,7-11,17,22H,2-3,6,12H2,1H3/t17-/m0/s1. The first-order valence-electron chi connectivity index (χ1n) is 7.93. The first-order valence-corrected chi connectivity index (χ1v) is 7.93. The van der Waals surface area contributed by atoms with Crippen LogP contribution >= 0.6 is 0 Å². The van der Waals surface area contributed by atoms with Crippen molar-refractivity contribution in [3.8, 4) is 5.75 Å². The van der Waals surface area contributed by atoms with Crippen LogP contribution < -0.4 is 0 Å². The van der Waals surface area contributed by atoms with E-state index in [4.69, 9.17) is 0 Å². The van der Waals surface area contributed by atoms with Crippen LogP contribution in [0.3, 0.4) is 0 Å². The normalized spacial score (nSPS) is 18.0. The van der Waals surface area contributed by atoms with Crippen LogP contribution in [-0.2, 0) is 0 Å². The maximum absolute atomic E-state index is 13.2. The molecule has 0 aromatic heterocycles. The van der Waals surface area contributed by atoms with E-state index in [1.54, 1.807) is 37.3 Å². The summed E-state index contributed by atoms with van der Waals surface area (Å²) in [5.41, 5.74) is 2.08. The zero-order chi connectivity index (χ0) is 16.4. The Morgan fingerprint density at radius 3 is 2.65 bits per heavy atom.